The van der Waals surface area contributed by atoms with E-state index in [0.717, 1.165) is 0 Å². The van der Waals surface area contributed by atoms with Crippen LogP contribution in [0.4, 0.5) is 5.69 Å². The van der Waals surface area contributed by atoms with Crippen molar-refractivity contribution in [3.05, 3.63) is 84.4 Å². The minimum atomic E-state index is -1.11. The number of carboxylic acid groups (broad SMARTS) is 1. The highest BCUT2D eigenvalue weighted by atomic mass is 16.6. The number of nitrogens with zero attached hydrogens (tertiary/aromatic N) is 1. The van der Waals surface area contributed by atoms with Crippen LogP contribution in [0.25, 0.3) is 23.5 Å². The maximum Gasteiger partial charge on any atom is 0.357 e. The van der Waals surface area contributed by atoms with E-state index in [-0.39, 0.29) is 11.3 Å². The summed E-state index contributed by atoms with van der Waals surface area (Å²) < 4.78 is 5.57. The van der Waals surface area contributed by atoms with Gasteiger partial charge in [0.1, 0.15) is 17.2 Å². The summed E-state index contributed by atoms with van der Waals surface area (Å²) in [5.74, 6) is -0.290. The number of nitro groups is 1. The van der Waals surface area contributed by atoms with Crippen LogP contribution in [-0.4, -0.2) is 26.0 Å². The molecule has 0 amide bonds. The second kappa shape index (κ2) is 6.96. The second-order valence-electron chi connectivity index (χ2n) is 5.35. The molecule has 3 rings (SSSR count). The van der Waals surface area contributed by atoms with Crippen molar-refractivity contribution in [3.8, 4) is 11.3 Å². The van der Waals surface area contributed by atoms with Crippen LogP contribution in [0.15, 0.2) is 50.4 Å². The third-order valence-corrected chi connectivity index (χ3v) is 3.59. The molecular formula is C17H11N3O7. The zero-order valence-corrected chi connectivity index (χ0v) is 13.5. The van der Waals surface area contributed by atoms with Crippen molar-refractivity contribution in [2.75, 3.05) is 0 Å². The monoisotopic (exact) mass is 369 g/mol. The lowest BCUT2D eigenvalue weighted by Crippen LogP contribution is -2.25. The fourth-order valence-corrected chi connectivity index (χ4v) is 2.34. The summed E-state index contributed by atoms with van der Waals surface area (Å²) >= 11 is 0. The van der Waals surface area contributed by atoms with E-state index < -0.39 is 27.8 Å². The minimum absolute atomic E-state index is 0.135. The van der Waals surface area contributed by atoms with Crippen molar-refractivity contribution in [1.29, 1.82) is 0 Å². The Morgan fingerprint density at radius 1 is 1.07 bits per heavy atom. The third kappa shape index (κ3) is 3.74. The molecule has 3 aromatic rings. The molecule has 136 valence electrons. The number of aromatic amines is 2. The van der Waals surface area contributed by atoms with Gasteiger partial charge in [0.2, 0.25) is 0 Å². The van der Waals surface area contributed by atoms with Crippen LogP contribution in [-0.2, 0) is 0 Å². The van der Waals surface area contributed by atoms with Crippen LogP contribution in [0.2, 0.25) is 0 Å². The standard InChI is InChI=1S/C17H11N3O7/c21-15-14(20(25)26)12(18-17(24)19-15)7-5-11-6-8-13(27-11)9-1-3-10(4-2-9)16(22)23/h1-8H,(H,22,23)(H2,18,19,21,24)/b7-5+. The number of carboxylic acids is 1. The maximum absolute atomic E-state index is 11.6. The van der Waals surface area contributed by atoms with Gasteiger partial charge in [-0.2, -0.15) is 0 Å². The molecule has 0 aliphatic carbocycles. The molecule has 0 fully saturated rings. The number of aromatic nitrogens is 2. The van der Waals surface area contributed by atoms with Crippen LogP contribution < -0.4 is 11.2 Å². The molecule has 0 radical (unpaired) electrons. The highest BCUT2D eigenvalue weighted by Gasteiger charge is 2.18. The van der Waals surface area contributed by atoms with E-state index in [1.165, 1.54) is 24.3 Å². The lowest BCUT2D eigenvalue weighted by atomic mass is 10.1. The zero-order valence-electron chi connectivity index (χ0n) is 13.5. The third-order valence-electron chi connectivity index (χ3n) is 3.59. The number of rotatable bonds is 5. The largest absolute Gasteiger partial charge is 0.478 e. The predicted octanol–water partition coefficient (Wildman–Crippen LogP) is 2.10. The summed E-state index contributed by atoms with van der Waals surface area (Å²) in [7, 11) is 0. The normalized spacial score (nSPS) is 11.0. The van der Waals surface area contributed by atoms with Crippen molar-refractivity contribution in [2.24, 2.45) is 0 Å². The first-order valence-electron chi connectivity index (χ1n) is 7.48. The van der Waals surface area contributed by atoms with Gasteiger partial charge in [-0.1, -0.05) is 12.1 Å². The zero-order chi connectivity index (χ0) is 19.6. The Morgan fingerprint density at radius 3 is 2.41 bits per heavy atom. The predicted molar refractivity (Wildman–Crippen MR) is 94.4 cm³/mol. The first-order chi connectivity index (χ1) is 12.8. The van der Waals surface area contributed by atoms with Gasteiger partial charge < -0.3 is 14.5 Å². The van der Waals surface area contributed by atoms with Gasteiger partial charge in [-0.05, 0) is 36.4 Å². The number of hydrogen-bond acceptors (Lipinski definition) is 6. The average molecular weight is 369 g/mol. The second-order valence-corrected chi connectivity index (χ2v) is 5.35. The van der Waals surface area contributed by atoms with Crippen LogP contribution in [0.3, 0.4) is 0 Å². The quantitative estimate of drug-likeness (QED) is 0.458. The van der Waals surface area contributed by atoms with Gasteiger partial charge >= 0.3 is 22.9 Å². The summed E-state index contributed by atoms with van der Waals surface area (Å²) in [6.07, 6.45) is 2.54. The van der Waals surface area contributed by atoms with E-state index in [0.29, 0.717) is 17.1 Å². The van der Waals surface area contributed by atoms with Crippen LogP contribution >= 0.6 is 0 Å². The minimum Gasteiger partial charge on any atom is -0.478 e. The molecule has 0 spiro atoms. The van der Waals surface area contributed by atoms with E-state index in [2.05, 4.69) is 4.98 Å². The van der Waals surface area contributed by atoms with Crippen molar-refractivity contribution in [2.45, 2.75) is 0 Å². The Hall–Kier alpha value is -4.21. The topological polar surface area (TPSA) is 159 Å². The smallest absolute Gasteiger partial charge is 0.357 e. The van der Waals surface area contributed by atoms with E-state index >= 15 is 0 Å². The van der Waals surface area contributed by atoms with Crippen LogP contribution in [0.1, 0.15) is 21.8 Å². The molecule has 2 heterocycles. The van der Waals surface area contributed by atoms with Crippen molar-refractivity contribution in [1.82, 2.24) is 9.97 Å². The molecule has 0 atom stereocenters. The Balaban J connectivity index is 1.90. The van der Waals surface area contributed by atoms with Gasteiger partial charge in [-0.15, -0.1) is 0 Å². The van der Waals surface area contributed by atoms with E-state index in [1.54, 1.807) is 29.2 Å². The highest BCUT2D eigenvalue weighted by Crippen LogP contribution is 2.24. The number of benzene rings is 1. The number of H-pyrrole nitrogens is 2. The van der Waals surface area contributed by atoms with Gasteiger partial charge in [-0.3, -0.25) is 19.9 Å². The lowest BCUT2D eigenvalue weighted by Gasteiger charge is -1.98. The van der Waals surface area contributed by atoms with Crippen LogP contribution in [0.5, 0.6) is 0 Å². The van der Waals surface area contributed by atoms with Gasteiger partial charge in [-0.25, -0.2) is 9.59 Å². The number of nitrogens with one attached hydrogen (secondary N) is 2. The average Bonchev–Trinajstić information content (AvgIpc) is 3.08. The van der Waals surface area contributed by atoms with Crippen molar-refractivity contribution < 1.29 is 19.2 Å². The molecule has 1 aromatic carbocycles. The van der Waals surface area contributed by atoms with Gasteiger partial charge in [0, 0.05) is 5.56 Å². The molecule has 0 unspecified atom stereocenters. The van der Waals surface area contributed by atoms with E-state index in [4.69, 9.17) is 9.52 Å². The first kappa shape index (κ1) is 17.6. The molecule has 0 saturated carbocycles. The number of aromatic carboxylic acids is 1. The Morgan fingerprint density at radius 2 is 1.78 bits per heavy atom. The molecule has 3 N–H and O–H groups in total. The fourth-order valence-electron chi connectivity index (χ4n) is 2.34. The van der Waals surface area contributed by atoms with Gasteiger partial charge in [0.25, 0.3) is 0 Å². The molecule has 2 aromatic heterocycles. The molecule has 27 heavy (non-hydrogen) atoms. The number of furan rings is 1. The fraction of sp³-hybridized carbons (Fsp3) is 0. The highest BCUT2D eigenvalue weighted by molar-refractivity contribution is 5.88. The Kier molecular flexibility index (Phi) is 4.54. The summed E-state index contributed by atoms with van der Waals surface area (Å²) in [5, 5.41) is 19.9. The van der Waals surface area contributed by atoms with Crippen molar-refractivity contribution >= 4 is 23.8 Å². The van der Waals surface area contributed by atoms with Gasteiger partial charge in [0.15, 0.2) is 0 Å². The molecular weight excluding hydrogens is 358 g/mol. The molecule has 10 heteroatoms. The summed E-state index contributed by atoms with van der Waals surface area (Å²) in [6, 6.07) is 9.22. The maximum atomic E-state index is 11.6. The Bertz CT molecular complexity index is 1170. The SMILES string of the molecule is O=C(O)c1ccc(-c2ccc(/C=C/c3[nH]c(=O)[nH]c(=O)c3[N+](=O)[O-])o2)cc1. The number of carbonyl (C=O) groups is 1. The summed E-state index contributed by atoms with van der Waals surface area (Å²) in [4.78, 5) is 47.8. The van der Waals surface area contributed by atoms with E-state index in [1.807, 2.05) is 0 Å². The summed E-state index contributed by atoms with van der Waals surface area (Å²) in [6.45, 7) is 0. The lowest BCUT2D eigenvalue weighted by molar-refractivity contribution is -0.386. The van der Waals surface area contributed by atoms with Crippen LogP contribution in [0, 0.1) is 10.1 Å². The number of hydrogen-bond donors (Lipinski definition) is 3. The first-order valence-corrected chi connectivity index (χ1v) is 7.48. The summed E-state index contributed by atoms with van der Waals surface area (Å²) in [5.41, 5.74) is -2.27. The van der Waals surface area contributed by atoms with Crippen molar-refractivity contribution in [3.63, 3.8) is 0 Å². The molecule has 0 aliphatic rings. The molecule has 0 saturated heterocycles. The Labute approximate surface area is 149 Å². The molecule has 0 bridgehead atoms. The van der Waals surface area contributed by atoms with Gasteiger partial charge in [0.05, 0.1) is 10.5 Å². The van der Waals surface area contributed by atoms with E-state index in [9.17, 15) is 24.5 Å². The molecule has 10 nitrogen and oxygen atoms in total. The molecule has 0 aliphatic heterocycles.